The van der Waals surface area contributed by atoms with Gasteiger partial charge in [-0.2, -0.15) is 5.26 Å². The van der Waals surface area contributed by atoms with Crippen molar-refractivity contribution in [1.82, 2.24) is 5.32 Å². The fraction of sp³-hybridized carbons (Fsp3) is 0.0909. The number of nitrogens with one attached hydrogen (secondary N) is 1. The molecular formula is C22H17FN2O2S. The number of carbonyl (C=O) groups excluding carboxylic acids is 1. The van der Waals surface area contributed by atoms with Crippen LogP contribution >= 0.6 is 11.8 Å². The number of hydrogen-bond acceptors (Lipinski definition) is 4. The van der Waals surface area contributed by atoms with Gasteiger partial charge in [-0.3, -0.25) is 4.79 Å². The Balaban J connectivity index is 1.58. The van der Waals surface area contributed by atoms with Gasteiger partial charge in [-0.05, 0) is 54.1 Å². The van der Waals surface area contributed by atoms with Crippen LogP contribution in [0.15, 0.2) is 77.7 Å². The second-order valence-corrected chi connectivity index (χ2v) is 6.84. The molecule has 28 heavy (non-hydrogen) atoms. The summed E-state index contributed by atoms with van der Waals surface area (Å²) in [6.07, 6.45) is 0. The van der Waals surface area contributed by atoms with E-state index in [2.05, 4.69) is 11.4 Å². The molecule has 0 spiro atoms. The van der Waals surface area contributed by atoms with Crippen molar-refractivity contribution < 1.29 is 13.9 Å². The van der Waals surface area contributed by atoms with Crippen molar-refractivity contribution in [2.75, 3.05) is 5.75 Å². The highest BCUT2D eigenvalue weighted by Gasteiger charge is 2.11. The van der Waals surface area contributed by atoms with Crippen molar-refractivity contribution in [3.05, 3.63) is 89.7 Å². The lowest BCUT2D eigenvalue weighted by atomic mass is 10.2. The van der Waals surface area contributed by atoms with Gasteiger partial charge in [-0.25, -0.2) is 4.39 Å². The van der Waals surface area contributed by atoms with Gasteiger partial charge in [0, 0.05) is 11.4 Å². The van der Waals surface area contributed by atoms with E-state index in [9.17, 15) is 9.18 Å². The van der Waals surface area contributed by atoms with Crippen molar-refractivity contribution in [3.63, 3.8) is 0 Å². The number of ether oxygens (including phenoxy) is 1. The second kappa shape index (κ2) is 9.58. The Morgan fingerprint density at radius 3 is 2.32 bits per heavy atom. The molecule has 3 aromatic carbocycles. The fourth-order valence-corrected chi connectivity index (χ4v) is 3.19. The molecule has 3 rings (SSSR count). The number of nitrogens with zero attached hydrogens (tertiary/aromatic N) is 1. The van der Waals surface area contributed by atoms with Crippen LogP contribution in [0.3, 0.4) is 0 Å². The maximum Gasteiger partial charge on any atom is 0.252 e. The van der Waals surface area contributed by atoms with Gasteiger partial charge in [0.2, 0.25) is 0 Å². The zero-order chi connectivity index (χ0) is 19.8. The molecule has 0 radical (unpaired) electrons. The van der Waals surface area contributed by atoms with Crippen LogP contribution in [0, 0.1) is 17.1 Å². The number of carbonyl (C=O) groups is 1. The van der Waals surface area contributed by atoms with Gasteiger partial charge in [-0.1, -0.05) is 24.3 Å². The van der Waals surface area contributed by atoms with Gasteiger partial charge in [0.25, 0.3) is 5.91 Å². The molecule has 0 unspecified atom stereocenters. The van der Waals surface area contributed by atoms with E-state index in [1.165, 1.54) is 23.9 Å². The number of thioether (sulfide) groups is 1. The van der Waals surface area contributed by atoms with E-state index in [0.29, 0.717) is 29.4 Å². The molecule has 0 heterocycles. The molecule has 0 fully saturated rings. The van der Waals surface area contributed by atoms with E-state index in [1.54, 1.807) is 36.4 Å². The molecule has 0 aliphatic carbocycles. The van der Waals surface area contributed by atoms with Gasteiger partial charge < -0.3 is 10.1 Å². The molecule has 140 valence electrons. The monoisotopic (exact) mass is 392 g/mol. The molecular weight excluding hydrogens is 375 g/mol. The highest BCUT2D eigenvalue weighted by atomic mass is 32.2. The zero-order valence-corrected chi connectivity index (χ0v) is 15.7. The first-order valence-electron chi connectivity index (χ1n) is 8.55. The van der Waals surface area contributed by atoms with Crippen LogP contribution in [0.4, 0.5) is 4.39 Å². The topological polar surface area (TPSA) is 62.1 Å². The predicted octanol–water partition coefficient (Wildman–Crippen LogP) is 5.16. The molecule has 0 saturated heterocycles. The van der Waals surface area contributed by atoms with Crippen LogP contribution in [-0.2, 0) is 6.54 Å². The van der Waals surface area contributed by atoms with E-state index in [-0.39, 0.29) is 11.7 Å². The lowest BCUT2D eigenvalue weighted by Gasteiger charge is -2.10. The summed E-state index contributed by atoms with van der Waals surface area (Å²) < 4.78 is 18.6. The Labute approximate surface area is 167 Å². The summed E-state index contributed by atoms with van der Waals surface area (Å²) in [4.78, 5) is 13.3. The minimum absolute atomic E-state index is 0.187. The normalized spacial score (nSPS) is 10.1. The van der Waals surface area contributed by atoms with Crippen LogP contribution in [0.5, 0.6) is 11.5 Å². The molecule has 3 aromatic rings. The van der Waals surface area contributed by atoms with Crippen molar-refractivity contribution in [2.45, 2.75) is 11.4 Å². The molecule has 0 atom stereocenters. The molecule has 0 aromatic heterocycles. The largest absolute Gasteiger partial charge is 0.457 e. The lowest BCUT2D eigenvalue weighted by molar-refractivity contribution is 0.0948. The van der Waals surface area contributed by atoms with E-state index in [4.69, 9.17) is 10.00 Å². The Bertz CT molecular complexity index is 983. The number of nitriles is 1. The smallest absolute Gasteiger partial charge is 0.252 e. The third-order valence-electron chi connectivity index (χ3n) is 3.85. The van der Waals surface area contributed by atoms with Gasteiger partial charge in [0.05, 0.1) is 17.4 Å². The van der Waals surface area contributed by atoms with E-state index in [1.807, 2.05) is 24.3 Å². The summed E-state index contributed by atoms with van der Waals surface area (Å²) in [7, 11) is 0. The lowest BCUT2D eigenvalue weighted by Crippen LogP contribution is -2.23. The summed E-state index contributed by atoms with van der Waals surface area (Å²) in [6.45, 7) is 0.368. The minimum Gasteiger partial charge on any atom is -0.457 e. The second-order valence-electron chi connectivity index (χ2n) is 5.83. The average molecular weight is 392 g/mol. The van der Waals surface area contributed by atoms with Crippen molar-refractivity contribution in [1.29, 1.82) is 5.26 Å². The van der Waals surface area contributed by atoms with Gasteiger partial charge in [0.15, 0.2) is 0 Å². The summed E-state index contributed by atoms with van der Waals surface area (Å²) in [5, 5.41) is 11.6. The third kappa shape index (κ3) is 5.35. The van der Waals surface area contributed by atoms with E-state index in [0.717, 1.165) is 10.5 Å². The first-order chi connectivity index (χ1) is 13.7. The first kappa shape index (κ1) is 19.5. The summed E-state index contributed by atoms with van der Waals surface area (Å²) in [5.74, 6) is 0.965. The molecule has 1 N–H and O–H groups in total. The predicted molar refractivity (Wildman–Crippen MR) is 107 cm³/mol. The van der Waals surface area contributed by atoms with Crippen molar-refractivity contribution in [3.8, 4) is 17.6 Å². The Hall–Kier alpha value is -3.30. The summed E-state index contributed by atoms with van der Waals surface area (Å²) in [6, 6.07) is 22.4. The maximum atomic E-state index is 12.9. The zero-order valence-electron chi connectivity index (χ0n) is 14.9. The standard InChI is InChI=1S/C22H17FN2O2S/c23-17-7-11-19(12-8-17)27-18-9-5-16(6-10-18)15-25-22(26)20-3-1-2-4-21(20)28-14-13-24/h1-12H,14-15H2,(H,25,26). The highest BCUT2D eigenvalue weighted by Crippen LogP contribution is 2.23. The van der Waals surface area contributed by atoms with E-state index >= 15 is 0 Å². The molecule has 1 amide bonds. The molecule has 0 bridgehead atoms. The van der Waals surface area contributed by atoms with Crippen LogP contribution in [0.1, 0.15) is 15.9 Å². The number of halogens is 1. The SMILES string of the molecule is N#CCSc1ccccc1C(=O)NCc1ccc(Oc2ccc(F)cc2)cc1. The van der Waals surface area contributed by atoms with Gasteiger partial charge in [0.1, 0.15) is 17.3 Å². The molecule has 4 nitrogen and oxygen atoms in total. The van der Waals surface area contributed by atoms with Crippen molar-refractivity contribution in [2.24, 2.45) is 0 Å². The number of amides is 1. The molecule has 6 heteroatoms. The number of hydrogen-bond donors (Lipinski definition) is 1. The maximum absolute atomic E-state index is 12.9. The van der Waals surface area contributed by atoms with Crippen LogP contribution in [0.25, 0.3) is 0 Å². The van der Waals surface area contributed by atoms with E-state index < -0.39 is 0 Å². The average Bonchev–Trinajstić information content (AvgIpc) is 2.73. The Morgan fingerprint density at radius 2 is 1.64 bits per heavy atom. The Morgan fingerprint density at radius 1 is 1.00 bits per heavy atom. The van der Waals surface area contributed by atoms with Gasteiger partial charge in [-0.15, -0.1) is 11.8 Å². The molecule has 0 aliphatic rings. The summed E-state index contributed by atoms with van der Waals surface area (Å²) in [5.41, 5.74) is 1.47. The van der Waals surface area contributed by atoms with Crippen LogP contribution < -0.4 is 10.1 Å². The van der Waals surface area contributed by atoms with Crippen molar-refractivity contribution >= 4 is 17.7 Å². The van der Waals surface area contributed by atoms with Crippen LogP contribution in [0.2, 0.25) is 0 Å². The highest BCUT2D eigenvalue weighted by molar-refractivity contribution is 7.99. The number of rotatable bonds is 7. The molecule has 0 saturated carbocycles. The van der Waals surface area contributed by atoms with Crippen LogP contribution in [-0.4, -0.2) is 11.7 Å². The van der Waals surface area contributed by atoms with Gasteiger partial charge >= 0.3 is 0 Å². The third-order valence-corrected chi connectivity index (χ3v) is 4.79. The summed E-state index contributed by atoms with van der Waals surface area (Å²) >= 11 is 1.34. The first-order valence-corrected chi connectivity index (χ1v) is 9.53. The fourth-order valence-electron chi connectivity index (χ4n) is 2.48. The quantitative estimate of drug-likeness (QED) is 0.564. The minimum atomic E-state index is -0.314. The number of benzene rings is 3. The molecule has 0 aliphatic heterocycles. The Kier molecular flexibility index (Phi) is 6.66.